The fraction of sp³-hybridized carbons (Fsp3) is 0.667. The lowest BCUT2D eigenvalue weighted by molar-refractivity contribution is 0.108. The third-order valence-corrected chi connectivity index (χ3v) is 0.455. The molecule has 12 heavy (non-hydrogen) atoms. The summed E-state index contributed by atoms with van der Waals surface area (Å²) in [7, 11) is 0. The molecule has 0 aromatic rings. The molecule has 0 saturated heterocycles. The fourth-order valence-corrected chi connectivity index (χ4v) is 0.183. The van der Waals surface area contributed by atoms with Crippen LogP contribution in [0, 0.1) is 0 Å². The van der Waals surface area contributed by atoms with E-state index in [1.54, 1.807) is 0 Å². The van der Waals surface area contributed by atoms with Gasteiger partial charge in [-0.05, 0) is 6.92 Å². The summed E-state index contributed by atoms with van der Waals surface area (Å²) in [5.74, 6) is 0. The summed E-state index contributed by atoms with van der Waals surface area (Å²) in [4.78, 5) is 0. The highest BCUT2D eigenvalue weighted by molar-refractivity contribution is 4.80. The van der Waals surface area contributed by atoms with Crippen molar-refractivity contribution in [2.75, 3.05) is 20.0 Å². The summed E-state index contributed by atoms with van der Waals surface area (Å²) in [6.45, 7) is -0.454. The summed E-state index contributed by atoms with van der Waals surface area (Å²) in [5, 5.41) is 0. The van der Waals surface area contributed by atoms with E-state index in [-0.39, 0.29) is 6.67 Å². The highest BCUT2D eigenvalue weighted by atomic mass is 19.3. The topological polar surface area (TPSA) is 9.23 Å². The van der Waals surface area contributed by atoms with Gasteiger partial charge in [0, 0.05) is 0 Å². The minimum absolute atomic E-state index is 0.250. The number of halogens is 5. The molecule has 1 nitrogen and oxygen atoms in total. The van der Waals surface area contributed by atoms with Crippen LogP contribution in [0.5, 0.6) is 0 Å². The maximum absolute atomic E-state index is 11.5. The van der Waals surface area contributed by atoms with Crippen molar-refractivity contribution in [1.29, 1.82) is 0 Å². The minimum Gasteiger partial charge on any atom is -0.464 e. The first kappa shape index (κ1) is 13.8. The van der Waals surface area contributed by atoms with E-state index in [1.165, 1.54) is 6.92 Å². The Morgan fingerprint density at radius 1 is 1.17 bits per heavy atom. The molecule has 0 rings (SSSR count). The molecule has 0 aromatic heterocycles. The fourth-order valence-electron chi connectivity index (χ4n) is 0.183. The SMILES string of the molecule is CCF.FCCOC(F)=C(F)F. The first-order chi connectivity index (χ1) is 5.59. The smallest absolute Gasteiger partial charge is 0.342 e. The molecule has 0 N–H and O–H groups in total. The van der Waals surface area contributed by atoms with Crippen LogP contribution in [-0.4, -0.2) is 20.0 Å². The molecule has 0 fully saturated rings. The lowest BCUT2D eigenvalue weighted by Crippen LogP contribution is -1.92. The van der Waals surface area contributed by atoms with Crippen LogP contribution in [0.25, 0.3) is 0 Å². The molecular weight excluding hydrogens is 183 g/mol. The third-order valence-electron chi connectivity index (χ3n) is 0.455. The number of alkyl halides is 2. The summed E-state index contributed by atoms with van der Waals surface area (Å²) in [6, 6.07) is -2.01. The zero-order valence-electron chi connectivity index (χ0n) is 6.42. The lowest BCUT2D eigenvalue weighted by Gasteiger charge is -1.95. The van der Waals surface area contributed by atoms with Gasteiger partial charge in [0.05, 0.1) is 6.67 Å². The van der Waals surface area contributed by atoms with E-state index >= 15 is 0 Å². The van der Waals surface area contributed by atoms with E-state index in [1.807, 2.05) is 0 Å². The van der Waals surface area contributed by atoms with Crippen LogP contribution in [0.1, 0.15) is 6.92 Å². The predicted molar refractivity (Wildman–Crippen MR) is 33.9 cm³/mol. The molecular formula is C6H9F5O. The number of hydrogen-bond acceptors (Lipinski definition) is 1. The molecule has 0 saturated carbocycles. The van der Waals surface area contributed by atoms with Crippen LogP contribution in [0.4, 0.5) is 22.0 Å². The van der Waals surface area contributed by atoms with Crippen molar-refractivity contribution in [2.45, 2.75) is 6.92 Å². The molecule has 0 heterocycles. The molecule has 0 bridgehead atoms. The number of rotatable bonds is 3. The van der Waals surface area contributed by atoms with Crippen molar-refractivity contribution in [2.24, 2.45) is 0 Å². The van der Waals surface area contributed by atoms with Gasteiger partial charge >= 0.3 is 12.1 Å². The van der Waals surface area contributed by atoms with Gasteiger partial charge < -0.3 is 4.74 Å². The summed E-state index contributed by atoms with van der Waals surface area (Å²) < 4.78 is 58.4. The van der Waals surface area contributed by atoms with Crippen molar-refractivity contribution >= 4 is 0 Å². The van der Waals surface area contributed by atoms with Crippen molar-refractivity contribution in [3.8, 4) is 0 Å². The molecule has 0 aliphatic carbocycles. The van der Waals surface area contributed by atoms with Gasteiger partial charge in [0.25, 0.3) is 0 Å². The van der Waals surface area contributed by atoms with Crippen molar-refractivity contribution in [3.05, 3.63) is 12.1 Å². The summed E-state index contributed by atoms with van der Waals surface area (Å²) >= 11 is 0. The van der Waals surface area contributed by atoms with Crippen LogP contribution >= 0.6 is 0 Å². The molecule has 74 valence electrons. The van der Waals surface area contributed by atoms with Crippen LogP contribution < -0.4 is 0 Å². The third kappa shape index (κ3) is 11.9. The Hall–Kier alpha value is -0.810. The van der Waals surface area contributed by atoms with Gasteiger partial charge in [-0.1, -0.05) is 0 Å². The van der Waals surface area contributed by atoms with Gasteiger partial charge in [-0.15, -0.1) is 0 Å². The first-order valence-corrected chi connectivity index (χ1v) is 3.05. The van der Waals surface area contributed by atoms with Gasteiger partial charge in [-0.3, -0.25) is 4.39 Å². The van der Waals surface area contributed by atoms with Crippen LogP contribution in [-0.2, 0) is 4.74 Å². The second kappa shape index (κ2) is 10.2. The van der Waals surface area contributed by atoms with Crippen molar-refractivity contribution in [1.82, 2.24) is 0 Å². The molecule has 0 aliphatic rings. The van der Waals surface area contributed by atoms with Crippen molar-refractivity contribution in [3.63, 3.8) is 0 Å². The number of ether oxygens (including phenoxy) is 1. The maximum Gasteiger partial charge on any atom is 0.342 e. The molecule has 0 aliphatic heterocycles. The van der Waals surface area contributed by atoms with Crippen LogP contribution in [0.3, 0.4) is 0 Å². The van der Waals surface area contributed by atoms with Gasteiger partial charge in [-0.25, -0.2) is 4.39 Å². The standard InChI is InChI=1S/C4H4F4O.C2H5F/c5-1-2-9-4(8)3(6)7;1-2-3/h1-2H2;2H2,1H3. The quantitative estimate of drug-likeness (QED) is 0.493. The summed E-state index contributed by atoms with van der Waals surface area (Å²) in [5.41, 5.74) is 0. The molecule has 0 atom stereocenters. The number of hydrogen-bond donors (Lipinski definition) is 0. The molecule has 0 spiro atoms. The van der Waals surface area contributed by atoms with E-state index in [0.29, 0.717) is 0 Å². The molecule has 0 unspecified atom stereocenters. The van der Waals surface area contributed by atoms with Crippen molar-refractivity contribution < 1.29 is 26.7 Å². The zero-order chi connectivity index (χ0) is 9.98. The van der Waals surface area contributed by atoms with Crippen LogP contribution in [0.2, 0.25) is 0 Å². The van der Waals surface area contributed by atoms with Gasteiger partial charge in [-0.2, -0.15) is 13.2 Å². The van der Waals surface area contributed by atoms with E-state index in [9.17, 15) is 22.0 Å². The summed E-state index contributed by atoms with van der Waals surface area (Å²) in [6.07, 6.45) is -2.57. The Kier molecular flexibility index (Phi) is 11.7. The Morgan fingerprint density at radius 3 is 1.83 bits per heavy atom. The largest absolute Gasteiger partial charge is 0.464 e. The normalized spacial score (nSPS) is 8.17. The molecule has 6 heteroatoms. The minimum atomic E-state index is -2.57. The Balaban J connectivity index is 0. The average molecular weight is 192 g/mol. The second-order valence-corrected chi connectivity index (χ2v) is 1.34. The van der Waals surface area contributed by atoms with Gasteiger partial charge in [0.2, 0.25) is 0 Å². The Bertz CT molecular complexity index is 121. The maximum atomic E-state index is 11.5. The second-order valence-electron chi connectivity index (χ2n) is 1.34. The van der Waals surface area contributed by atoms with E-state index < -0.39 is 25.4 Å². The lowest BCUT2D eigenvalue weighted by atomic mass is 10.8. The molecule has 0 radical (unpaired) electrons. The molecule has 0 aromatic carbocycles. The molecule has 0 amide bonds. The van der Waals surface area contributed by atoms with E-state index in [0.717, 1.165) is 0 Å². The van der Waals surface area contributed by atoms with Gasteiger partial charge in [0.15, 0.2) is 0 Å². The average Bonchev–Trinajstić information content (AvgIpc) is 2.01. The van der Waals surface area contributed by atoms with Crippen LogP contribution in [0.15, 0.2) is 12.1 Å². The van der Waals surface area contributed by atoms with E-state index in [4.69, 9.17) is 0 Å². The predicted octanol–water partition coefficient (Wildman–Crippen LogP) is 2.98. The monoisotopic (exact) mass is 192 g/mol. The highest BCUT2D eigenvalue weighted by Crippen LogP contribution is 2.09. The first-order valence-electron chi connectivity index (χ1n) is 3.05. The Labute approximate surface area is 66.8 Å². The Morgan fingerprint density at radius 2 is 1.58 bits per heavy atom. The van der Waals surface area contributed by atoms with E-state index in [2.05, 4.69) is 4.74 Å². The highest BCUT2D eigenvalue weighted by Gasteiger charge is 2.04. The zero-order valence-corrected chi connectivity index (χ0v) is 6.42. The van der Waals surface area contributed by atoms with Gasteiger partial charge in [0.1, 0.15) is 13.3 Å².